The van der Waals surface area contributed by atoms with Gasteiger partial charge in [-0.3, -0.25) is 0 Å². The summed E-state index contributed by atoms with van der Waals surface area (Å²) >= 11 is 0. The van der Waals surface area contributed by atoms with E-state index in [1.807, 2.05) is 0 Å². The predicted molar refractivity (Wildman–Crippen MR) is 296 cm³/mol. The second-order valence-corrected chi connectivity index (χ2v) is 19.3. The molecule has 0 spiro atoms. The lowest BCUT2D eigenvalue weighted by Crippen LogP contribution is -2.16. The quantitative estimate of drug-likeness (QED) is 0.155. The van der Waals surface area contributed by atoms with Crippen molar-refractivity contribution in [1.29, 1.82) is 0 Å². The highest BCUT2D eigenvalue weighted by atomic mass is 15.1. The molecule has 0 unspecified atom stereocenters. The molecule has 0 radical (unpaired) electrons. The van der Waals surface area contributed by atoms with E-state index in [4.69, 9.17) is 0 Å². The third kappa shape index (κ3) is 6.15. The van der Waals surface area contributed by atoms with Gasteiger partial charge in [0.1, 0.15) is 0 Å². The van der Waals surface area contributed by atoms with Crippen LogP contribution in [-0.2, 0) is 5.41 Å². The van der Waals surface area contributed by atoms with E-state index < -0.39 is 0 Å². The van der Waals surface area contributed by atoms with Gasteiger partial charge in [0.05, 0.1) is 27.8 Å². The number of hydrogen-bond donors (Lipinski definition) is 0. The second kappa shape index (κ2) is 15.6. The highest BCUT2D eigenvalue weighted by Crippen LogP contribution is 2.52. The normalized spacial score (nSPS) is 12.8. The van der Waals surface area contributed by atoms with Gasteiger partial charge in [-0.2, -0.15) is 0 Å². The number of hydrogen-bond acceptors (Lipinski definition) is 1. The van der Waals surface area contributed by atoms with Crippen molar-refractivity contribution in [2.45, 2.75) is 19.3 Å². The molecule has 0 atom stereocenters. The third-order valence-electron chi connectivity index (χ3n) is 15.1. The van der Waals surface area contributed by atoms with Crippen molar-refractivity contribution in [2.75, 3.05) is 4.90 Å². The van der Waals surface area contributed by atoms with Crippen LogP contribution in [0.3, 0.4) is 0 Å². The second-order valence-electron chi connectivity index (χ2n) is 19.3. The molecule has 70 heavy (non-hydrogen) atoms. The van der Waals surface area contributed by atoms with Crippen LogP contribution in [0.5, 0.6) is 0 Å². The van der Waals surface area contributed by atoms with Gasteiger partial charge in [0.2, 0.25) is 0 Å². The van der Waals surface area contributed by atoms with Crippen molar-refractivity contribution in [2.24, 2.45) is 0 Å². The van der Waals surface area contributed by atoms with E-state index in [1.165, 1.54) is 105 Å². The first-order chi connectivity index (χ1) is 34.5. The molecule has 2 aromatic heterocycles. The molecule has 0 saturated heterocycles. The zero-order valence-electron chi connectivity index (χ0n) is 39.0. The Labute approximate surface area is 407 Å². The van der Waals surface area contributed by atoms with Crippen LogP contribution in [0, 0.1) is 0 Å². The van der Waals surface area contributed by atoms with Gasteiger partial charge in [-0.15, -0.1) is 0 Å². The topological polar surface area (TPSA) is 13.1 Å². The monoisotopic (exact) mass is 893 g/mol. The van der Waals surface area contributed by atoms with Crippen molar-refractivity contribution in [3.8, 4) is 44.8 Å². The van der Waals surface area contributed by atoms with E-state index in [2.05, 4.69) is 277 Å². The molecule has 1 aliphatic carbocycles. The fourth-order valence-corrected chi connectivity index (χ4v) is 11.7. The summed E-state index contributed by atoms with van der Waals surface area (Å²) in [5, 5.41) is 7.47. The molecule has 3 nitrogen and oxygen atoms in total. The van der Waals surface area contributed by atoms with Crippen LogP contribution in [0.4, 0.5) is 17.1 Å². The van der Waals surface area contributed by atoms with Gasteiger partial charge in [0.25, 0.3) is 0 Å². The minimum absolute atomic E-state index is 0.237. The number of nitrogens with zero attached hydrogens (tertiary/aromatic N) is 3. The number of para-hydroxylation sites is 4. The van der Waals surface area contributed by atoms with E-state index >= 15 is 0 Å². The molecular weight excluding hydrogens is 847 g/mol. The first-order valence-corrected chi connectivity index (χ1v) is 24.3. The molecule has 0 amide bonds. The van der Waals surface area contributed by atoms with E-state index in [-0.39, 0.29) is 5.41 Å². The molecular formula is C67H47N3. The minimum atomic E-state index is -0.237. The first kappa shape index (κ1) is 40.2. The molecule has 0 fully saturated rings. The fourth-order valence-electron chi connectivity index (χ4n) is 11.7. The summed E-state index contributed by atoms with van der Waals surface area (Å²) in [6, 6.07) is 91.6. The molecule has 0 saturated carbocycles. The summed E-state index contributed by atoms with van der Waals surface area (Å²) in [7, 11) is 0. The Bertz CT molecular complexity index is 4190. The largest absolute Gasteiger partial charge is 0.310 e. The Balaban J connectivity index is 0.855. The Morgan fingerprint density at radius 3 is 1.53 bits per heavy atom. The summed E-state index contributed by atoms with van der Waals surface area (Å²) < 4.78 is 4.78. The SMILES string of the molecule is CC1(C)c2cc(-c3ccc4c(c3)c3ccccc3n4-c3ccccc3)ccc2-c2ccc(N(c3ccc(-c4ccc5c6ccccc6n(-c6ccccc6)c5c4)cc3)c3cccc4ccccc34)cc21. The number of aromatic nitrogens is 2. The van der Waals surface area contributed by atoms with Crippen LogP contribution < -0.4 is 4.90 Å². The summed E-state index contributed by atoms with van der Waals surface area (Å²) in [6.45, 7) is 4.79. The number of anilines is 3. The summed E-state index contributed by atoms with van der Waals surface area (Å²) in [6.07, 6.45) is 0. The van der Waals surface area contributed by atoms with E-state index in [0.29, 0.717) is 0 Å². The summed E-state index contributed by atoms with van der Waals surface area (Å²) in [5.41, 5.74) is 20.5. The highest BCUT2D eigenvalue weighted by Gasteiger charge is 2.36. The fraction of sp³-hybridized carbons (Fsp3) is 0.0448. The highest BCUT2D eigenvalue weighted by molar-refractivity contribution is 6.12. The van der Waals surface area contributed by atoms with Crippen LogP contribution in [0.15, 0.2) is 249 Å². The van der Waals surface area contributed by atoms with Crippen molar-refractivity contribution >= 4 is 71.4 Å². The van der Waals surface area contributed by atoms with Gasteiger partial charge in [0.15, 0.2) is 0 Å². The van der Waals surface area contributed by atoms with Crippen molar-refractivity contribution in [3.63, 3.8) is 0 Å². The maximum absolute atomic E-state index is 2.45. The van der Waals surface area contributed by atoms with Gasteiger partial charge in [-0.1, -0.05) is 172 Å². The molecule has 2 heterocycles. The van der Waals surface area contributed by atoms with Crippen LogP contribution in [0.2, 0.25) is 0 Å². The van der Waals surface area contributed by atoms with Gasteiger partial charge < -0.3 is 14.0 Å². The number of rotatable bonds is 7. The average Bonchev–Trinajstić information content (AvgIpc) is 4.01. The lowest BCUT2D eigenvalue weighted by atomic mass is 9.81. The lowest BCUT2D eigenvalue weighted by molar-refractivity contribution is 0.660. The van der Waals surface area contributed by atoms with Gasteiger partial charge in [-0.05, 0) is 141 Å². The zero-order valence-corrected chi connectivity index (χ0v) is 39.0. The smallest absolute Gasteiger partial charge is 0.0547 e. The Hall–Kier alpha value is -8.92. The Kier molecular flexibility index (Phi) is 8.93. The van der Waals surface area contributed by atoms with Crippen LogP contribution in [-0.4, -0.2) is 9.13 Å². The van der Waals surface area contributed by atoms with Crippen LogP contribution >= 0.6 is 0 Å². The van der Waals surface area contributed by atoms with Crippen molar-refractivity contribution in [3.05, 3.63) is 260 Å². The molecule has 0 bridgehead atoms. The van der Waals surface area contributed by atoms with Gasteiger partial charge in [-0.25, -0.2) is 0 Å². The molecule has 1 aliphatic rings. The van der Waals surface area contributed by atoms with Gasteiger partial charge >= 0.3 is 0 Å². The average molecular weight is 894 g/mol. The van der Waals surface area contributed by atoms with Gasteiger partial charge in [0, 0.05) is 55.1 Å². The lowest BCUT2D eigenvalue weighted by Gasteiger charge is -2.29. The minimum Gasteiger partial charge on any atom is -0.310 e. The molecule has 330 valence electrons. The maximum Gasteiger partial charge on any atom is 0.0547 e. The molecule has 0 aliphatic heterocycles. The standard InChI is InChI=1S/C67H47N3/c1-67(2)60-41-47(46-32-39-65-59(40-46)57-24-12-14-26-64(57)69(65)49-18-5-3-6-19-49)30-36-54(60)55-38-35-52(43-61(55)67)68(62-27-15-17-45-16-9-10-22-53(45)62)51-33-28-44(29-34-51)48-31-37-58-56-23-11-13-25-63(56)70(66(58)42-48)50-20-7-4-8-21-50/h3-43H,1-2H3. The van der Waals surface area contributed by atoms with Crippen LogP contribution in [0.1, 0.15) is 25.0 Å². The van der Waals surface area contributed by atoms with Crippen molar-refractivity contribution < 1.29 is 0 Å². The Morgan fingerprint density at radius 2 is 0.800 bits per heavy atom. The van der Waals surface area contributed by atoms with E-state index in [0.717, 1.165) is 22.7 Å². The predicted octanol–water partition coefficient (Wildman–Crippen LogP) is 18.1. The van der Waals surface area contributed by atoms with Crippen molar-refractivity contribution in [1.82, 2.24) is 9.13 Å². The molecule has 13 aromatic rings. The number of fused-ring (bicyclic) bond motifs is 10. The maximum atomic E-state index is 2.45. The molecule has 0 N–H and O–H groups in total. The first-order valence-electron chi connectivity index (χ1n) is 24.3. The van der Waals surface area contributed by atoms with E-state index in [9.17, 15) is 0 Å². The zero-order chi connectivity index (χ0) is 46.5. The third-order valence-corrected chi connectivity index (χ3v) is 15.1. The molecule has 11 aromatic carbocycles. The Morgan fingerprint density at radius 1 is 0.314 bits per heavy atom. The van der Waals surface area contributed by atoms with Crippen LogP contribution in [0.25, 0.3) is 99.1 Å². The summed E-state index contributed by atoms with van der Waals surface area (Å²) in [4.78, 5) is 2.45. The molecule has 14 rings (SSSR count). The number of benzene rings is 11. The summed E-state index contributed by atoms with van der Waals surface area (Å²) in [5.74, 6) is 0. The van der Waals surface area contributed by atoms with E-state index in [1.54, 1.807) is 0 Å². The molecule has 3 heteroatoms.